The molecule has 1 saturated heterocycles. The Morgan fingerprint density at radius 1 is 1.27 bits per heavy atom. The van der Waals surface area contributed by atoms with Crippen LogP contribution < -0.4 is 15.4 Å². The van der Waals surface area contributed by atoms with Crippen LogP contribution in [0, 0.1) is 6.92 Å². The SMILES string of the molecule is COc1ccc(C)cc1Nc1ncc(C(=O)NC2CCS(=O)(=O)C2)cn1. The fraction of sp³-hybridized carbons (Fsp3) is 0.353. The first-order chi connectivity index (χ1) is 12.4. The molecule has 2 heterocycles. The summed E-state index contributed by atoms with van der Waals surface area (Å²) < 4.78 is 28.2. The largest absolute Gasteiger partial charge is 0.495 e. The molecular formula is C17H20N4O4S. The Balaban J connectivity index is 1.67. The molecule has 0 aliphatic carbocycles. The predicted molar refractivity (Wildman–Crippen MR) is 97.6 cm³/mol. The molecule has 0 saturated carbocycles. The molecule has 1 unspecified atom stereocenters. The van der Waals surface area contributed by atoms with Crippen LogP contribution in [0.2, 0.25) is 0 Å². The zero-order chi connectivity index (χ0) is 18.7. The van der Waals surface area contributed by atoms with E-state index in [4.69, 9.17) is 4.74 Å². The van der Waals surface area contributed by atoms with Gasteiger partial charge in [0, 0.05) is 18.4 Å². The van der Waals surface area contributed by atoms with E-state index >= 15 is 0 Å². The van der Waals surface area contributed by atoms with Crippen LogP contribution in [-0.4, -0.2) is 49.0 Å². The number of methoxy groups -OCH3 is 1. The Labute approximate surface area is 151 Å². The van der Waals surface area contributed by atoms with Gasteiger partial charge in [-0.2, -0.15) is 0 Å². The minimum absolute atomic E-state index is 0.0214. The third kappa shape index (κ3) is 4.29. The van der Waals surface area contributed by atoms with Gasteiger partial charge in [0.2, 0.25) is 5.95 Å². The van der Waals surface area contributed by atoms with Crippen LogP contribution in [0.25, 0.3) is 0 Å². The molecule has 1 aromatic heterocycles. The molecule has 2 aromatic rings. The molecule has 1 amide bonds. The standard InChI is InChI=1S/C17H20N4O4S/c1-11-3-4-15(25-2)14(7-11)21-17-18-8-12(9-19-17)16(22)20-13-5-6-26(23,24)10-13/h3-4,7-9,13H,5-6,10H2,1-2H3,(H,20,22)(H,18,19,21). The van der Waals surface area contributed by atoms with E-state index < -0.39 is 9.84 Å². The van der Waals surface area contributed by atoms with Crippen molar-refractivity contribution < 1.29 is 17.9 Å². The van der Waals surface area contributed by atoms with Gasteiger partial charge in [-0.25, -0.2) is 18.4 Å². The van der Waals surface area contributed by atoms with E-state index in [0.717, 1.165) is 11.3 Å². The number of rotatable bonds is 5. The first-order valence-electron chi connectivity index (χ1n) is 8.11. The van der Waals surface area contributed by atoms with Gasteiger partial charge in [-0.1, -0.05) is 6.07 Å². The second-order valence-corrected chi connectivity index (χ2v) is 8.43. The lowest BCUT2D eigenvalue weighted by Crippen LogP contribution is -2.35. The Morgan fingerprint density at radius 2 is 2.00 bits per heavy atom. The average Bonchev–Trinajstić information content (AvgIpc) is 2.94. The second kappa shape index (κ2) is 7.28. The summed E-state index contributed by atoms with van der Waals surface area (Å²) in [4.78, 5) is 20.5. The number of aromatic nitrogens is 2. The number of anilines is 2. The van der Waals surface area contributed by atoms with Crippen molar-refractivity contribution in [1.29, 1.82) is 0 Å². The van der Waals surface area contributed by atoms with Gasteiger partial charge in [0.15, 0.2) is 9.84 Å². The number of carbonyl (C=O) groups is 1. The summed E-state index contributed by atoms with van der Waals surface area (Å²) in [7, 11) is -1.47. The molecule has 0 radical (unpaired) electrons. The monoisotopic (exact) mass is 376 g/mol. The fourth-order valence-corrected chi connectivity index (χ4v) is 4.40. The number of nitrogens with zero attached hydrogens (tertiary/aromatic N) is 2. The lowest BCUT2D eigenvalue weighted by molar-refractivity contribution is 0.0940. The van der Waals surface area contributed by atoms with Crippen molar-refractivity contribution in [2.75, 3.05) is 23.9 Å². The van der Waals surface area contributed by atoms with Crippen LogP contribution in [0.5, 0.6) is 5.75 Å². The van der Waals surface area contributed by atoms with E-state index in [1.807, 2.05) is 25.1 Å². The van der Waals surface area contributed by atoms with Crippen LogP contribution in [0.3, 0.4) is 0 Å². The van der Waals surface area contributed by atoms with Crippen LogP contribution in [0.15, 0.2) is 30.6 Å². The van der Waals surface area contributed by atoms with Crippen molar-refractivity contribution in [3.05, 3.63) is 41.7 Å². The van der Waals surface area contributed by atoms with E-state index in [9.17, 15) is 13.2 Å². The van der Waals surface area contributed by atoms with Gasteiger partial charge >= 0.3 is 0 Å². The first-order valence-corrected chi connectivity index (χ1v) is 9.93. The van der Waals surface area contributed by atoms with Crippen LogP contribution in [-0.2, 0) is 9.84 Å². The summed E-state index contributed by atoms with van der Waals surface area (Å²) in [5, 5.41) is 5.76. The van der Waals surface area contributed by atoms with Crippen molar-refractivity contribution >= 4 is 27.4 Å². The predicted octanol–water partition coefficient (Wildman–Crippen LogP) is 1.45. The summed E-state index contributed by atoms with van der Waals surface area (Å²) in [5.41, 5.74) is 2.05. The zero-order valence-corrected chi connectivity index (χ0v) is 15.3. The van der Waals surface area contributed by atoms with Crippen molar-refractivity contribution in [1.82, 2.24) is 15.3 Å². The van der Waals surface area contributed by atoms with Gasteiger partial charge in [-0.05, 0) is 31.0 Å². The molecule has 1 aliphatic rings. The second-order valence-electron chi connectivity index (χ2n) is 6.20. The molecule has 0 bridgehead atoms. The number of hydrogen-bond donors (Lipinski definition) is 2. The van der Waals surface area contributed by atoms with E-state index in [1.165, 1.54) is 12.4 Å². The van der Waals surface area contributed by atoms with Crippen molar-refractivity contribution in [3.8, 4) is 5.75 Å². The average molecular weight is 376 g/mol. The number of carbonyl (C=O) groups excluding carboxylic acids is 1. The van der Waals surface area contributed by atoms with Crippen molar-refractivity contribution in [2.45, 2.75) is 19.4 Å². The number of nitrogens with one attached hydrogen (secondary N) is 2. The highest BCUT2D eigenvalue weighted by atomic mass is 32.2. The quantitative estimate of drug-likeness (QED) is 0.813. The fourth-order valence-electron chi connectivity index (χ4n) is 2.73. The van der Waals surface area contributed by atoms with Gasteiger partial charge in [0.05, 0.1) is 29.9 Å². The molecule has 1 fully saturated rings. The molecule has 138 valence electrons. The number of sulfone groups is 1. The molecule has 8 nitrogen and oxygen atoms in total. The van der Waals surface area contributed by atoms with Crippen LogP contribution in [0.1, 0.15) is 22.3 Å². The number of benzene rings is 1. The highest BCUT2D eigenvalue weighted by molar-refractivity contribution is 7.91. The number of ether oxygens (including phenoxy) is 1. The minimum atomic E-state index is -3.04. The number of aryl methyl sites for hydroxylation is 1. The Kier molecular flexibility index (Phi) is 5.08. The molecule has 3 rings (SSSR count). The van der Waals surface area contributed by atoms with Gasteiger partial charge < -0.3 is 15.4 Å². The zero-order valence-electron chi connectivity index (χ0n) is 14.5. The lowest BCUT2D eigenvalue weighted by Gasteiger charge is -2.12. The smallest absolute Gasteiger partial charge is 0.254 e. The van der Waals surface area contributed by atoms with E-state index in [1.54, 1.807) is 7.11 Å². The first kappa shape index (κ1) is 18.1. The Bertz CT molecular complexity index is 913. The molecule has 0 spiro atoms. The van der Waals surface area contributed by atoms with Gasteiger partial charge in [-0.3, -0.25) is 4.79 Å². The van der Waals surface area contributed by atoms with Gasteiger partial charge in [0.25, 0.3) is 5.91 Å². The molecule has 1 aliphatic heterocycles. The summed E-state index contributed by atoms with van der Waals surface area (Å²) >= 11 is 0. The highest BCUT2D eigenvalue weighted by Gasteiger charge is 2.29. The molecular weight excluding hydrogens is 356 g/mol. The summed E-state index contributed by atoms with van der Waals surface area (Å²) in [6, 6.07) is 5.32. The maximum atomic E-state index is 12.2. The minimum Gasteiger partial charge on any atom is -0.495 e. The molecule has 1 aromatic carbocycles. The normalized spacial score (nSPS) is 18.3. The molecule has 2 N–H and O–H groups in total. The Hall–Kier alpha value is -2.68. The summed E-state index contributed by atoms with van der Waals surface area (Å²) in [6.07, 6.45) is 3.23. The van der Waals surface area contributed by atoms with E-state index in [-0.39, 0.29) is 29.0 Å². The van der Waals surface area contributed by atoms with Crippen molar-refractivity contribution in [2.24, 2.45) is 0 Å². The maximum absolute atomic E-state index is 12.2. The van der Waals surface area contributed by atoms with E-state index in [2.05, 4.69) is 20.6 Å². The molecule has 9 heteroatoms. The van der Waals surface area contributed by atoms with Gasteiger partial charge in [-0.15, -0.1) is 0 Å². The third-order valence-corrected chi connectivity index (χ3v) is 5.85. The van der Waals surface area contributed by atoms with Gasteiger partial charge in [0.1, 0.15) is 5.75 Å². The summed E-state index contributed by atoms with van der Waals surface area (Å²) in [5.74, 6) is 0.686. The molecule has 1 atom stereocenters. The van der Waals surface area contributed by atoms with Crippen LogP contribution >= 0.6 is 0 Å². The number of hydrogen-bond acceptors (Lipinski definition) is 7. The number of amides is 1. The lowest BCUT2D eigenvalue weighted by atomic mass is 10.2. The topological polar surface area (TPSA) is 110 Å². The molecule has 26 heavy (non-hydrogen) atoms. The summed E-state index contributed by atoms with van der Waals surface area (Å²) in [6.45, 7) is 1.96. The van der Waals surface area contributed by atoms with E-state index in [0.29, 0.717) is 18.1 Å². The highest BCUT2D eigenvalue weighted by Crippen LogP contribution is 2.27. The van der Waals surface area contributed by atoms with Crippen molar-refractivity contribution in [3.63, 3.8) is 0 Å². The maximum Gasteiger partial charge on any atom is 0.254 e. The van der Waals surface area contributed by atoms with Crippen LogP contribution in [0.4, 0.5) is 11.6 Å². The third-order valence-electron chi connectivity index (χ3n) is 4.08. The Morgan fingerprint density at radius 3 is 2.62 bits per heavy atom.